The van der Waals surface area contributed by atoms with Crippen LogP contribution in [0.4, 0.5) is 4.79 Å². The minimum atomic E-state index is -0.759. The van der Waals surface area contributed by atoms with E-state index in [1.165, 1.54) is 43.7 Å². The summed E-state index contributed by atoms with van der Waals surface area (Å²) < 4.78 is 0. The van der Waals surface area contributed by atoms with Gasteiger partial charge in [-0.25, -0.2) is 4.79 Å². The SMILES string of the molecule is O=C(CC1NC(=O)N(CCc2ccccc2)C1=O)NC[C@@H]1CCCN2CCCC[C@H]12. The van der Waals surface area contributed by atoms with E-state index in [1.54, 1.807) is 0 Å². The Morgan fingerprint density at radius 3 is 2.70 bits per heavy atom. The molecule has 3 aliphatic rings. The summed E-state index contributed by atoms with van der Waals surface area (Å²) in [4.78, 5) is 41.1. The van der Waals surface area contributed by atoms with E-state index in [0.717, 1.165) is 12.0 Å². The number of nitrogens with one attached hydrogen (secondary N) is 2. The molecule has 0 spiro atoms. The first-order valence-corrected chi connectivity index (χ1v) is 11.3. The summed E-state index contributed by atoms with van der Waals surface area (Å²) in [6, 6.07) is 9.17. The van der Waals surface area contributed by atoms with Gasteiger partial charge < -0.3 is 15.5 Å². The molecule has 1 aromatic carbocycles. The Bertz CT molecular complexity index is 767. The van der Waals surface area contributed by atoms with Crippen molar-refractivity contribution in [3.63, 3.8) is 0 Å². The molecule has 4 rings (SSSR count). The molecule has 1 unspecified atom stereocenters. The van der Waals surface area contributed by atoms with Crippen molar-refractivity contribution in [2.24, 2.45) is 5.92 Å². The number of urea groups is 1. The second kappa shape index (κ2) is 9.60. The lowest BCUT2D eigenvalue weighted by molar-refractivity contribution is -0.131. The quantitative estimate of drug-likeness (QED) is 0.671. The van der Waals surface area contributed by atoms with Crippen LogP contribution < -0.4 is 10.6 Å². The number of nitrogens with zero attached hydrogens (tertiary/aromatic N) is 2. The fraction of sp³-hybridized carbons (Fsp3) is 0.609. The summed E-state index contributed by atoms with van der Waals surface area (Å²) in [6.45, 7) is 3.34. The van der Waals surface area contributed by atoms with Crippen LogP contribution in [-0.2, 0) is 16.0 Å². The zero-order chi connectivity index (χ0) is 20.9. The van der Waals surface area contributed by atoms with Gasteiger partial charge in [0.05, 0.1) is 6.42 Å². The highest BCUT2D eigenvalue weighted by Gasteiger charge is 2.39. The molecule has 1 aromatic rings. The molecule has 0 bridgehead atoms. The molecule has 3 saturated heterocycles. The number of benzene rings is 1. The van der Waals surface area contributed by atoms with Gasteiger partial charge >= 0.3 is 6.03 Å². The molecule has 3 atom stereocenters. The molecule has 4 amide bonds. The Labute approximate surface area is 178 Å². The highest BCUT2D eigenvalue weighted by atomic mass is 16.2. The number of imide groups is 1. The number of fused-ring (bicyclic) bond motifs is 1. The zero-order valence-corrected chi connectivity index (χ0v) is 17.5. The van der Waals surface area contributed by atoms with Crippen LogP contribution in [0.3, 0.4) is 0 Å². The van der Waals surface area contributed by atoms with Crippen LogP contribution in [0.15, 0.2) is 30.3 Å². The molecule has 7 heteroatoms. The molecule has 7 nitrogen and oxygen atoms in total. The maximum Gasteiger partial charge on any atom is 0.324 e. The van der Waals surface area contributed by atoms with Crippen molar-refractivity contribution in [3.8, 4) is 0 Å². The number of rotatable bonds is 7. The van der Waals surface area contributed by atoms with Gasteiger partial charge in [-0.2, -0.15) is 0 Å². The zero-order valence-electron chi connectivity index (χ0n) is 17.5. The monoisotopic (exact) mass is 412 g/mol. The number of hydrogen-bond donors (Lipinski definition) is 2. The number of piperidine rings is 2. The maximum absolute atomic E-state index is 12.6. The molecular formula is C23H32N4O3. The summed E-state index contributed by atoms with van der Waals surface area (Å²) >= 11 is 0. The maximum atomic E-state index is 12.6. The summed E-state index contributed by atoms with van der Waals surface area (Å²) in [5.41, 5.74) is 1.07. The Morgan fingerprint density at radius 2 is 1.87 bits per heavy atom. The average Bonchev–Trinajstić information content (AvgIpc) is 3.03. The van der Waals surface area contributed by atoms with E-state index in [-0.39, 0.29) is 18.2 Å². The molecule has 0 saturated carbocycles. The van der Waals surface area contributed by atoms with Crippen LogP contribution in [0.1, 0.15) is 44.1 Å². The Balaban J connectivity index is 1.24. The second-order valence-corrected chi connectivity index (χ2v) is 8.74. The average molecular weight is 413 g/mol. The number of carbonyl (C=O) groups is 3. The largest absolute Gasteiger partial charge is 0.356 e. The van der Waals surface area contributed by atoms with Crippen molar-refractivity contribution in [1.82, 2.24) is 20.4 Å². The van der Waals surface area contributed by atoms with E-state index in [1.807, 2.05) is 30.3 Å². The van der Waals surface area contributed by atoms with Crippen LogP contribution in [0.25, 0.3) is 0 Å². The molecular weight excluding hydrogens is 380 g/mol. The molecule has 3 aliphatic heterocycles. The molecule has 0 radical (unpaired) electrons. The van der Waals surface area contributed by atoms with Gasteiger partial charge in [-0.1, -0.05) is 36.8 Å². The summed E-state index contributed by atoms with van der Waals surface area (Å²) in [5, 5.41) is 5.71. The van der Waals surface area contributed by atoms with Crippen molar-refractivity contribution in [2.75, 3.05) is 26.2 Å². The van der Waals surface area contributed by atoms with Gasteiger partial charge in [-0.3, -0.25) is 14.5 Å². The van der Waals surface area contributed by atoms with E-state index in [4.69, 9.17) is 0 Å². The number of hydrogen-bond acceptors (Lipinski definition) is 4. The number of carbonyl (C=O) groups excluding carboxylic acids is 3. The normalized spacial score (nSPS) is 26.9. The van der Waals surface area contributed by atoms with Crippen molar-refractivity contribution in [3.05, 3.63) is 35.9 Å². The lowest BCUT2D eigenvalue weighted by Gasteiger charge is -2.44. The van der Waals surface area contributed by atoms with E-state index in [2.05, 4.69) is 15.5 Å². The van der Waals surface area contributed by atoms with E-state index in [0.29, 0.717) is 31.5 Å². The third-order valence-electron chi connectivity index (χ3n) is 6.75. The molecule has 3 heterocycles. The molecule has 30 heavy (non-hydrogen) atoms. The van der Waals surface area contributed by atoms with Gasteiger partial charge in [-0.05, 0) is 56.7 Å². The van der Waals surface area contributed by atoms with Crippen molar-refractivity contribution in [2.45, 2.75) is 57.0 Å². The van der Waals surface area contributed by atoms with Crippen LogP contribution in [0.5, 0.6) is 0 Å². The third kappa shape index (κ3) is 4.83. The fourth-order valence-corrected chi connectivity index (χ4v) is 5.13. The van der Waals surface area contributed by atoms with Crippen molar-refractivity contribution in [1.29, 1.82) is 0 Å². The predicted molar refractivity (Wildman–Crippen MR) is 114 cm³/mol. The first-order valence-electron chi connectivity index (χ1n) is 11.3. The van der Waals surface area contributed by atoms with Gasteiger partial charge in [0, 0.05) is 19.1 Å². The van der Waals surface area contributed by atoms with Gasteiger partial charge in [0.15, 0.2) is 0 Å². The standard InChI is InChI=1S/C23H32N4O3/c28-21(24-16-18-9-6-13-26-12-5-4-10-20(18)26)15-19-22(29)27(23(30)25-19)14-11-17-7-2-1-3-8-17/h1-3,7-8,18-20H,4-6,9-16H2,(H,24,28)(H,25,30)/t18-,19?,20+/m0/s1. The van der Waals surface area contributed by atoms with Crippen LogP contribution >= 0.6 is 0 Å². The highest BCUT2D eigenvalue weighted by molar-refractivity contribution is 6.05. The van der Waals surface area contributed by atoms with Crippen LogP contribution in [0.2, 0.25) is 0 Å². The Morgan fingerprint density at radius 1 is 1.07 bits per heavy atom. The first-order chi connectivity index (χ1) is 14.6. The van der Waals surface area contributed by atoms with Crippen molar-refractivity contribution < 1.29 is 14.4 Å². The molecule has 162 valence electrons. The molecule has 3 fully saturated rings. The third-order valence-corrected chi connectivity index (χ3v) is 6.75. The number of amides is 4. The lowest BCUT2D eigenvalue weighted by atomic mass is 9.83. The van der Waals surface area contributed by atoms with Crippen LogP contribution in [-0.4, -0.2) is 65.9 Å². The van der Waals surface area contributed by atoms with Gasteiger partial charge in [0.1, 0.15) is 6.04 Å². The Kier molecular flexibility index (Phi) is 6.67. The predicted octanol–water partition coefficient (Wildman–Crippen LogP) is 1.92. The highest BCUT2D eigenvalue weighted by Crippen LogP contribution is 2.30. The van der Waals surface area contributed by atoms with Gasteiger partial charge in [0.25, 0.3) is 5.91 Å². The smallest absolute Gasteiger partial charge is 0.324 e. The van der Waals surface area contributed by atoms with E-state index < -0.39 is 12.1 Å². The first kappa shape index (κ1) is 20.8. The topological polar surface area (TPSA) is 81.8 Å². The van der Waals surface area contributed by atoms with Gasteiger partial charge in [-0.15, -0.1) is 0 Å². The van der Waals surface area contributed by atoms with Crippen molar-refractivity contribution >= 4 is 17.8 Å². The minimum Gasteiger partial charge on any atom is -0.356 e. The Hall–Kier alpha value is -2.41. The summed E-state index contributed by atoms with van der Waals surface area (Å²) in [6.07, 6.45) is 6.71. The summed E-state index contributed by atoms with van der Waals surface area (Å²) in [5.74, 6) is 0.0212. The van der Waals surface area contributed by atoms with E-state index in [9.17, 15) is 14.4 Å². The van der Waals surface area contributed by atoms with Gasteiger partial charge in [0.2, 0.25) is 5.91 Å². The fourth-order valence-electron chi connectivity index (χ4n) is 5.13. The van der Waals surface area contributed by atoms with E-state index >= 15 is 0 Å². The minimum absolute atomic E-state index is 0.00745. The summed E-state index contributed by atoms with van der Waals surface area (Å²) in [7, 11) is 0. The van der Waals surface area contributed by atoms with Crippen LogP contribution in [0, 0.1) is 5.92 Å². The lowest BCUT2D eigenvalue weighted by Crippen LogP contribution is -2.51. The molecule has 2 N–H and O–H groups in total. The molecule has 0 aromatic heterocycles. The second-order valence-electron chi connectivity index (χ2n) is 8.74. The molecule has 0 aliphatic carbocycles.